The first kappa shape index (κ1) is 23.7. The highest BCUT2D eigenvalue weighted by molar-refractivity contribution is 14.0. The topological polar surface area (TPSA) is 67.7 Å². The summed E-state index contributed by atoms with van der Waals surface area (Å²) < 4.78 is 7.40. The molecule has 0 atom stereocenters. The van der Waals surface area contributed by atoms with Gasteiger partial charge in [-0.05, 0) is 25.0 Å². The van der Waals surface area contributed by atoms with Crippen LogP contribution >= 0.6 is 24.0 Å². The fraction of sp³-hybridized carbons (Fsp3) is 0.333. The maximum absolute atomic E-state index is 11.7. The van der Waals surface area contributed by atoms with Crippen LogP contribution in [0.2, 0.25) is 0 Å². The summed E-state index contributed by atoms with van der Waals surface area (Å²) in [5, 5.41) is 6.60. The van der Waals surface area contributed by atoms with Crippen LogP contribution in [0.15, 0.2) is 71.1 Å². The number of aliphatic imine (C=N–C) groups is 1. The second kappa shape index (κ2) is 13.8. The van der Waals surface area contributed by atoms with Crippen molar-refractivity contribution in [2.24, 2.45) is 4.99 Å². The Bertz CT molecular complexity index is 805. The first-order valence-electron chi connectivity index (χ1n) is 9.16. The van der Waals surface area contributed by atoms with E-state index in [1.165, 1.54) is 0 Å². The first-order chi connectivity index (χ1) is 13.2. The van der Waals surface area contributed by atoms with Gasteiger partial charge in [-0.3, -0.25) is 9.79 Å². The van der Waals surface area contributed by atoms with E-state index < -0.39 is 0 Å². The van der Waals surface area contributed by atoms with Gasteiger partial charge >= 0.3 is 0 Å². The molecule has 152 valence electrons. The van der Waals surface area contributed by atoms with E-state index in [4.69, 9.17) is 4.74 Å². The minimum atomic E-state index is 0. The lowest BCUT2D eigenvalue weighted by Gasteiger charge is -2.14. The van der Waals surface area contributed by atoms with Crippen molar-refractivity contribution >= 4 is 29.9 Å². The molecule has 0 radical (unpaired) electrons. The summed E-state index contributed by atoms with van der Waals surface area (Å²) in [6.45, 7) is 6.29. The van der Waals surface area contributed by atoms with Crippen molar-refractivity contribution in [3.05, 3.63) is 77.2 Å². The van der Waals surface area contributed by atoms with Crippen LogP contribution in [0.1, 0.15) is 18.4 Å². The Balaban J connectivity index is 0.00000392. The number of aromatic nitrogens is 1. The zero-order chi connectivity index (χ0) is 19.3. The quantitative estimate of drug-likeness (QED) is 0.174. The number of rotatable bonds is 10. The van der Waals surface area contributed by atoms with Gasteiger partial charge in [0.25, 0.3) is 0 Å². The number of benzene rings is 1. The molecule has 7 heteroatoms. The van der Waals surface area contributed by atoms with Crippen molar-refractivity contribution in [3.8, 4) is 5.75 Å². The first-order valence-corrected chi connectivity index (χ1v) is 9.16. The Hall–Kier alpha value is -2.29. The second-order valence-corrected chi connectivity index (χ2v) is 6.00. The predicted octanol–water partition coefficient (Wildman–Crippen LogP) is 3.18. The van der Waals surface area contributed by atoms with E-state index in [9.17, 15) is 4.79 Å². The third kappa shape index (κ3) is 8.16. The lowest BCUT2D eigenvalue weighted by Crippen LogP contribution is -2.37. The molecule has 0 bridgehead atoms. The third-order valence-corrected chi connectivity index (χ3v) is 4.02. The molecule has 1 aromatic heterocycles. The monoisotopic (exact) mass is 496 g/mol. The Morgan fingerprint density at radius 2 is 1.96 bits per heavy atom. The minimum absolute atomic E-state index is 0. The molecule has 2 aromatic rings. The molecule has 2 rings (SSSR count). The number of pyridine rings is 1. The van der Waals surface area contributed by atoms with Crippen molar-refractivity contribution in [2.75, 3.05) is 20.2 Å². The second-order valence-electron chi connectivity index (χ2n) is 6.00. The molecule has 0 unspecified atom stereocenters. The number of nitrogens with one attached hydrogen (secondary N) is 2. The van der Waals surface area contributed by atoms with Gasteiger partial charge < -0.3 is 19.9 Å². The maximum Gasteiger partial charge on any atom is 0.250 e. The van der Waals surface area contributed by atoms with E-state index in [1.54, 1.807) is 29.8 Å². The summed E-state index contributed by atoms with van der Waals surface area (Å²) in [6, 6.07) is 13.1. The number of unbranched alkanes of at least 4 members (excludes halogenated alkanes) is 1. The molecule has 0 aliphatic rings. The van der Waals surface area contributed by atoms with E-state index in [1.807, 2.05) is 36.5 Å². The molecular formula is C21H29IN4O2. The normalized spacial score (nSPS) is 10.7. The standard InChI is InChI=1S/C21H28N4O2.HI/c1-3-16-27-19-11-5-4-10-18(19)17-24-21(22-2)23-13-7-9-15-25-14-8-6-12-20(25)26;/h3-6,8,10-12,14H,1,7,9,13,15-17H2,2H3,(H2,22,23,24);1H. The van der Waals surface area contributed by atoms with Gasteiger partial charge in [-0.15, -0.1) is 24.0 Å². The zero-order valence-electron chi connectivity index (χ0n) is 16.3. The van der Waals surface area contributed by atoms with Gasteiger partial charge in [0.15, 0.2) is 5.96 Å². The molecule has 0 saturated heterocycles. The lowest BCUT2D eigenvalue weighted by molar-refractivity contribution is 0.358. The Morgan fingerprint density at radius 3 is 2.71 bits per heavy atom. The number of guanidine groups is 1. The van der Waals surface area contributed by atoms with Gasteiger partial charge in [0.1, 0.15) is 12.4 Å². The average Bonchev–Trinajstić information content (AvgIpc) is 2.70. The van der Waals surface area contributed by atoms with E-state index in [0.717, 1.165) is 43.2 Å². The van der Waals surface area contributed by atoms with Crippen molar-refractivity contribution in [1.29, 1.82) is 0 Å². The highest BCUT2D eigenvalue weighted by Gasteiger charge is 2.04. The highest BCUT2D eigenvalue weighted by atomic mass is 127. The minimum Gasteiger partial charge on any atom is -0.489 e. The van der Waals surface area contributed by atoms with Crippen LogP contribution in [0.4, 0.5) is 0 Å². The van der Waals surface area contributed by atoms with Crippen LogP contribution in [-0.2, 0) is 13.1 Å². The van der Waals surface area contributed by atoms with Crippen LogP contribution in [0.3, 0.4) is 0 Å². The van der Waals surface area contributed by atoms with Crippen molar-refractivity contribution in [3.63, 3.8) is 0 Å². The van der Waals surface area contributed by atoms with E-state index in [0.29, 0.717) is 13.2 Å². The van der Waals surface area contributed by atoms with Crippen LogP contribution < -0.4 is 20.9 Å². The Kier molecular flexibility index (Phi) is 11.7. The summed E-state index contributed by atoms with van der Waals surface area (Å²) in [6.07, 6.45) is 5.42. The molecule has 0 fully saturated rings. The number of hydrogen-bond acceptors (Lipinski definition) is 3. The molecular weight excluding hydrogens is 467 g/mol. The van der Waals surface area contributed by atoms with Gasteiger partial charge in [-0.25, -0.2) is 0 Å². The predicted molar refractivity (Wildman–Crippen MR) is 126 cm³/mol. The van der Waals surface area contributed by atoms with Gasteiger partial charge in [-0.1, -0.05) is 36.9 Å². The number of aryl methyl sites for hydroxylation is 1. The van der Waals surface area contributed by atoms with Crippen molar-refractivity contribution in [2.45, 2.75) is 25.9 Å². The fourth-order valence-electron chi connectivity index (χ4n) is 2.60. The molecule has 1 aromatic carbocycles. The average molecular weight is 496 g/mol. The third-order valence-electron chi connectivity index (χ3n) is 4.02. The lowest BCUT2D eigenvalue weighted by atomic mass is 10.2. The Morgan fingerprint density at radius 1 is 1.18 bits per heavy atom. The van der Waals surface area contributed by atoms with E-state index in [2.05, 4.69) is 22.2 Å². The van der Waals surface area contributed by atoms with Crippen LogP contribution in [0.25, 0.3) is 0 Å². The number of nitrogens with zero attached hydrogens (tertiary/aromatic N) is 2. The fourth-order valence-corrected chi connectivity index (χ4v) is 2.60. The van der Waals surface area contributed by atoms with Crippen molar-refractivity contribution in [1.82, 2.24) is 15.2 Å². The van der Waals surface area contributed by atoms with Gasteiger partial charge in [0.05, 0.1) is 0 Å². The molecule has 0 amide bonds. The largest absolute Gasteiger partial charge is 0.489 e. The maximum atomic E-state index is 11.7. The van der Waals surface area contributed by atoms with Gasteiger partial charge in [-0.2, -0.15) is 0 Å². The van der Waals surface area contributed by atoms with Crippen LogP contribution in [-0.4, -0.2) is 30.7 Å². The van der Waals surface area contributed by atoms with Gasteiger partial charge in [0, 0.05) is 44.5 Å². The summed E-state index contributed by atoms with van der Waals surface area (Å²) in [4.78, 5) is 15.9. The molecule has 0 spiro atoms. The molecule has 0 saturated carbocycles. The van der Waals surface area contributed by atoms with Crippen LogP contribution in [0, 0.1) is 0 Å². The summed E-state index contributed by atoms with van der Waals surface area (Å²) in [5.41, 5.74) is 1.10. The van der Waals surface area contributed by atoms with Gasteiger partial charge in [0.2, 0.25) is 5.56 Å². The summed E-state index contributed by atoms with van der Waals surface area (Å²) >= 11 is 0. The molecule has 0 aliphatic heterocycles. The van der Waals surface area contributed by atoms with E-state index in [-0.39, 0.29) is 29.5 Å². The van der Waals surface area contributed by atoms with E-state index >= 15 is 0 Å². The number of halogens is 1. The smallest absolute Gasteiger partial charge is 0.250 e. The Labute approximate surface area is 183 Å². The molecule has 2 N–H and O–H groups in total. The zero-order valence-corrected chi connectivity index (χ0v) is 18.6. The molecule has 1 heterocycles. The van der Waals surface area contributed by atoms with Crippen molar-refractivity contribution < 1.29 is 4.74 Å². The molecule has 6 nitrogen and oxygen atoms in total. The van der Waals surface area contributed by atoms with Crippen LogP contribution in [0.5, 0.6) is 5.75 Å². The highest BCUT2D eigenvalue weighted by Crippen LogP contribution is 2.17. The SMILES string of the molecule is C=CCOc1ccccc1CNC(=NC)NCCCCn1ccccc1=O.I. The summed E-state index contributed by atoms with van der Waals surface area (Å²) in [5.74, 6) is 1.58. The number of para-hydroxylation sites is 1. The molecule has 28 heavy (non-hydrogen) atoms. The number of hydrogen-bond donors (Lipinski definition) is 2. The summed E-state index contributed by atoms with van der Waals surface area (Å²) in [7, 11) is 1.75. The molecule has 0 aliphatic carbocycles. The number of ether oxygens (including phenoxy) is 1.